The SMILES string of the molecule is CC1(C(=O)NCCNC2CCCCCC2)CCCN1C(=O)c1ccccc1.Cl. The van der Waals surface area contributed by atoms with E-state index in [-0.39, 0.29) is 24.2 Å². The van der Waals surface area contributed by atoms with Gasteiger partial charge in [0.05, 0.1) is 0 Å². The summed E-state index contributed by atoms with van der Waals surface area (Å²) in [5, 5.41) is 6.65. The van der Waals surface area contributed by atoms with Crippen molar-refractivity contribution in [2.45, 2.75) is 69.9 Å². The fraction of sp³-hybridized carbons (Fsp3) is 0.636. The lowest BCUT2D eigenvalue weighted by Gasteiger charge is -2.34. The normalized spacial score (nSPS) is 23.0. The molecule has 1 heterocycles. The van der Waals surface area contributed by atoms with Gasteiger partial charge < -0.3 is 15.5 Å². The molecule has 1 aromatic rings. The van der Waals surface area contributed by atoms with E-state index in [1.165, 1.54) is 38.5 Å². The van der Waals surface area contributed by atoms with Crippen molar-refractivity contribution in [1.82, 2.24) is 15.5 Å². The van der Waals surface area contributed by atoms with Crippen molar-refractivity contribution in [1.29, 1.82) is 0 Å². The summed E-state index contributed by atoms with van der Waals surface area (Å²) < 4.78 is 0. The van der Waals surface area contributed by atoms with Gasteiger partial charge in [-0.05, 0) is 44.7 Å². The maximum Gasteiger partial charge on any atom is 0.254 e. The van der Waals surface area contributed by atoms with E-state index in [1.807, 2.05) is 37.3 Å². The lowest BCUT2D eigenvalue weighted by atomic mass is 9.97. The van der Waals surface area contributed by atoms with Crippen LogP contribution in [0.1, 0.15) is 68.6 Å². The average Bonchev–Trinajstić information content (AvgIpc) is 2.91. The van der Waals surface area contributed by atoms with Crippen molar-refractivity contribution >= 4 is 24.2 Å². The van der Waals surface area contributed by atoms with E-state index in [4.69, 9.17) is 0 Å². The molecule has 156 valence electrons. The number of hydrogen-bond donors (Lipinski definition) is 2. The van der Waals surface area contributed by atoms with E-state index < -0.39 is 5.54 Å². The van der Waals surface area contributed by atoms with Gasteiger partial charge in [0.25, 0.3) is 5.91 Å². The van der Waals surface area contributed by atoms with Crippen molar-refractivity contribution in [2.75, 3.05) is 19.6 Å². The molecule has 2 aliphatic rings. The molecular formula is C22H34ClN3O2. The molecule has 1 aliphatic carbocycles. The van der Waals surface area contributed by atoms with Gasteiger partial charge in [-0.1, -0.05) is 43.9 Å². The first-order valence-electron chi connectivity index (χ1n) is 10.5. The van der Waals surface area contributed by atoms with Gasteiger partial charge in [-0.15, -0.1) is 12.4 Å². The second-order valence-electron chi connectivity index (χ2n) is 8.10. The molecule has 1 atom stereocenters. The quantitative estimate of drug-likeness (QED) is 0.560. The number of nitrogens with zero attached hydrogens (tertiary/aromatic N) is 1. The summed E-state index contributed by atoms with van der Waals surface area (Å²) in [6.07, 6.45) is 9.36. The van der Waals surface area contributed by atoms with Crippen LogP contribution in [0.15, 0.2) is 30.3 Å². The van der Waals surface area contributed by atoms with E-state index >= 15 is 0 Å². The number of rotatable bonds is 6. The zero-order valence-electron chi connectivity index (χ0n) is 16.9. The third-order valence-electron chi connectivity index (χ3n) is 6.09. The van der Waals surface area contributed by atoms with E-state index in [2.05, 4.69) is 10.6 Å². The standard InChI is InChI=1S/C22H33N3O2.ClH/c1-22(14-9-17-25(22)20(26)18-10-5-4-6-11-18)21(27)24-16-15-23-19-12-7-2-3-8-13-19;/h4-6,10-11,19,23H,2-3,7-9,12-17H2,1H3,(H,24,27);1H. The first-order valence-corrected chi connectivity index (χ1v) is 10.5. The first-order chi connectivity index (χ1) is 13.1. The van der Waals surface area contributed by atoms with Crippen LogP contribution in [0, 0.1) is 0 Å². The Labute approximate surface area is 175 Å². The van der Waals surface area contributed by atoms with Gasteiger partial charge in [-0.25, -0.2) is 0 Å². The molecule has 0 aromatic heterocycles. The summed E-state index contributed by atoms with van der Waals surface area (Å²) >= 11 is 0. The van der Waals surface area contributed by atoms with E-state index in [9.17, 15) is 9.59 Å². The van der Waals surface area contributed by atoms with Crippen molar-refractivity contribution < 1.29 is 9.59 Å². The summed E-state index contributed by atoms with van der Waals surface area (Å²) in [6.45, 7) is 3.93. The molecule has 1 aliphatic heterocycles. The molecule has 1 saturated heterocycles. The Hall–Kier alpha value is -1.59. The summed E-state index contributed by atoms with van der Waals surface area (Å²) in [5.41, 5.74) is -0.108. The molecule has 2 N–H and O–H groups in total. The van der Waals surface area contributed by atoms with Crippen LogP contribution >= 0.6 is 12.4 Å². The number of carbonyl (C=O) groups is 2. The first kappa shape index (κ1) is 22.7. The van der Waals surface area contributed by atoms with Crippen molar-refractivity contribution in [3.63, 3.8) is 0 Å². The number of hydrogen-bond acceptors (Lipinski definition) is 3. The van der Waals surface area contributed by atoms with Gasteiger partial charge in [0.1, 0.15) is 5.54 Å². The lowest BCUT2D eigenvalue weighted by Crippen LogP contribution is -2.56. The van der Waals surface area contributed by atoms with E-state index in [0.717, 1.165) is 13.0 Å². The summed E-state index contributed by atoms with van der Waals surface area (Å²) in [4.78, 5) is 27.5. The monoisotopic (exact) mass is 407 g/mol. The molecule has 6 heteroatoms. The van der Waals surface area contributed by atoms with Crippen LogP contribution in [-0.2, 0) is 4.79 Å². The molecular weight excluding hydrogens is 374 g/mol. The van der Waals surface area contributed by atoms with Crippen LogP contribution < -0.4 is 10.6 Å². The molecule has 28 heavy (non-hydrogen) atoms. The highest BCUT2D eigenvalue weighted by Crippen LogP contribution is 2.30. The highest BCUT2D eigenvalue weighted by Gasteiger charge is 2.45. The van der Waals surface area contributed by atoms with E-state index in [1.54, 1.807) is 4.90 Å². The van der Waals surface area contributed by atoms with Gasteiger partial charge in [-0.2, -0.15) is 0 Å². The Kier molecular flexibility index (Phi) is 8.77. The smallest absolute Gasteiger partial charge is 0.254 e. The van der Waals surface area contributed by atoms with Crippen LogP contribution in [-0.4, -0.2) is 47.9 Å². The maximum atomic E-state index is 12.9. The fourth-order valence-corrected chi connectivity index (χ4v) is 4.39. The largest absolute Gasteiger partial charge is 0.353 e. The topological polar surface area (TPSA) is 61.4 Å². The Balaban J connectivity index is 0.00000280. The van der Waals surface area contributed by atoms with Crippen LogP contribution in [0.5, 0.6) is 0 Å². The molecule has 1 aromatic carbocycles. The second-order valence-corrected chi connectivity index (χ2v) is 8.10. The molecule has 1 unspecified atom stereocenters. The molecule has 0 bridgehead atoms. The minimum absolute atomic E-state index is 0. The van der Waals surface area contributed by atoms with Crippen LogP contribution in [0.4, 0.5) is 0 Å². The highest BCUT2D eigenvalue weighted by atomic mass is 35.5. The van der Waals surface area contributed by atoms with Gasteiger partial charge in [0, 0.05) is 31.2 Å². The summed E-state index contributed by atoms with van der Waals surface area (Å²) in [6, 6.07) is 9.83. The van der Waals surface area contributed by atoms with Gasteiger partial charge in [0.2, 0.25) is 5.91 Å². The molecule has 0 spiro atoms. The zero-order valence-corrected chi connectivity index (χ0v) is 17.7. The molecule has 3 rings (SSSR count). The Morgan fingerprint density at radius 1 is 1.04 bits per heavy atom. The molecule has 1 saturated carbocycles. The van der Waals surface area contributed by atoms with Crippen LogP contribution in [0.3, 0.4) is 0 Å². The number of halogens is 1. The zero-order chi connectivity index (χ0) is 19.1. The third-order valence-corrected chi connectivity index (χ3v) is 6.09. The minimum atomic E-state index is -0.755. The lowest BCUT2D eigenvalue weighted by molar-refractivity contribution is -0.129. The van der Waals surface area contributed by atoms with Crippen LogP contribution in [0.25, 0.3) is 0 Å². The number of amides is 2. The highest BCUT2D eigenvalue weighted by molar-refractivity contribution is 5.99. The number of likely N-dealkylation sites (tertiary alicyclic amines) is 1. The van der Waals surface area contributed by atoms with Crippen molar-refractivity contribution in [2.24, 2.45) is 0 Å². The second kappa shape index (κ2) is 10.8. The molecule has 2 amide bonds. The Morgan fingerprint density at radius 3 is 2.39 bits per heavy atom. The third kappa shape index (κ3) is 5.48. The Morgan fingerprint density at radius 2 is 1.71 bits per heavy atom. The molecule has 5 nitrogen and oxygen atoms in total. The van der Waals surface area contributed by atoms with Gasteiger partial charge in [0.15, 0.2) is 0 Å². The number of carbonyl (C=O) groups excluding carboxylic acids is 2. The van der Waals surface area contributed by atoms with Gasteiger partial charge in [-0.3, -0.25) is 9.59 Å². The number of benzene rings is 1. The predicted molar refractivity (Wildman–Crippen MR) is 115 cm³/mol. The minimum Gasteiger partial charge on any atom is -0.353 e. The summed E-state index contributed by atoms with van der Waals surface area (Å²) in [5.74, 6) is -0.0886. The maximum absolute atomic E-state index is 12.9. The average molecular weight is 408 g/mol. The van der Waals surface area contributed by atoms with E-state index in [0.29, 0.717) is 31.1 Å². The van der Waals surface area contributed by atoms with Crippen molar-refractivity contribution in [3.8, 4) is 0 Å². The van der Waals surface area contributed by atoms with Crippen LogP contribution in [0.2, 0.25) is 0 Å². The molecule has 2 fully saturated rings. The van der Waals surface area contributed by atoms with Crippen molar-refractivity contribution in [3.05, 3.63) is 35.9 Å². The van der Waals surface area contributed by atoms with Gasteiger partial charge >= 0.3 is 0 Å². The number of nitrogens with one attached hydrogen (secondary N) is 2. The predicted octanol–water partition coefficient (Wildman–Crippen LogP) is 3.53. The fourth-order valence-electron chi connectivity index (χ4n) is 4.39. The Bertz CT molecular complexity index is 632. The summed E-state index contributed by atoms with van der Waals surface area (Å²) in [7, 11) is 0. The molecule has 0 radical (unpaired) electrons.